The largest absolute Gasteiger partial charge is 0.469 e. The van der Waals surface area contributed by atoms with Crippen molar-refractivity contribution < 1.29 is 45.1 Å². The highest BCUT2D eigenvalue weighted by atomic mass is 19.4. The van der Waals surface area contributed by atoms with Crippen molar-refractivity contribution in [2.24, 2.45) is 0 Å². The smallest absolute Gasteiger partial charge is 0.416 e. The summed E-state index contributed by atoms with van der Waals surface area (Å²) >= 11 is 0. The van der Waals surface area contributed by atoms with Gasteiger partial charge in [0.05, 0.1) is 19.1 Å². The fourth-order valence-electron chi connectivity index (χ4n) is 3.08. The Hall–Kier alpha value is -3.11. The first kappa shape index (κ1) is 25.2. The lowest BCUT2D eigenvalue weighted by molar-refractivity contribution is -0.161. The highest BCUT2D eigenvalue weighted by molar-refractivity contribution is 5.77. The zero-order valence-electron chi connectivity index (χ0n) is 16.9. The van der Waals surface area contributed by atoms with E-state index in [1.807, 2.05) is 0 Å². The van der Waals surface area contributed by atoms with Gasteiger partial charge in [-0.2, -0.15) is 26.3 Å². The summed E-state index contributed by atoms with van der Waals surface area (Å²) in [5, 5.41) is 0. The van der Waals surface area contributed by atoms with Gasteiger partial charge in [-0.1, -0.05) is 24.3 Å². The Kier molecular flexibility index (Phi) is 7.53. The normalized spacial score (nSPS) is 11.9. The van der Waals surface area contributed by atoms with E-state index in [2.05, 4.69) is 4.74 Å². The third kappa shape index (κ3) is 6.44. The van der Waals surface area contributed by atoms with E-state index in [1.165, 1.54) is 24.3 Å². The number of methoxy groups -OCH3 is 1. The van der Waals surface area contributed by atoms with Gasteiger partial charge in [0.25, 0.3) is 0 Å². The Morgan fingerprint density at radius 2 is 1.59 bits per heavy atom. The first-order valence-electron chi connectivity index (χ1n) is 9.10. The number of esters is 1. The Morgan fingerprint density at radius 1 is 0.969 bits per heavy atom. The molecule has 0 saturated carbocycles. The minimum Gasteiger partial charge on any atom is -0.469 e. The predicted molar refractivity (Wildman–Crippen MR) is 99.7 cm³/mol. The summed E-state index contributed by atoms with van der Waals surface area (Å²) in [6.07, 6.45) is -10.4. The number of halogens is 7. The molecule has 0 fully saturated rings. The number of hydrogen-bond acceptors (Lipinski definition) is 3. The lowest BCUT2D eigenvalue weighted by Crippen LogP contribution is -2.37. The van der Waals surface area contributed by atoms with Crippen molar-refractivity contribution in [1.82, 2.24) is 4.90 Å². The Morgan fingerprint density at radius 3 is 2.12 bits per heavy atom. The van der Waals surface area contributed by atoms with E-state index >= 15 is 0 Å². The zero-order chi connectivity index (χ0) is 24.3. The highest BCUT2D eigenvalue weighted by Crippen LogP contribution is 2.37. The minimum absolute atomic E-state index is 0.0155. The van der Waals surface area contributed by atoms with Gasteiger partial charge in [0.2, 0.25) is 5.91 Å². The van der Waals surface area contributed by atoms with Gasteiger partial charge in [0.1, 0.15) is 12.4 Å². The molecular formula is C21H18F7NO3. The van der Waals surface area contributed by atoms with E-state index in [9.17, 15) is 40.3 Å². The first-order valence-corrected chi connectivity index (χ1v) is 9.10. The maximum Gasteiger partial charge on any atom is 0.416 e. The molecule has 0 aliphatic heterocycles. The number of amides is 1. The molecule has 0 atom stereocenters. The van der Waals surface area contributed by atoms with Crippen LogP contribution in [0.5, 0.6) is 0 Å². The topological polar surface area (TPSA) is 46.6 Å². The molecule has 0 bridgehead atoms. The number of nitrogens with zero attached hydrogens (tertiary/aromatic N) is 1. The van der Waals surface area contributed by atoms with Gasteiger partial charge < -0.3 is 9.64 Å². The number of ether oxygens (including phenoxy) is 1. The van der Waals surface area contributed by atoms with E-state index in [0.29, 0.717) is 4.90 Å². The van der Waals surface area contributed by atoms with Crippen LogP contribution in [0, 0.1) is 5.82 Å². The quantitative estimate of drug-likeness (QED) is 0.439. The standard InChI is InChI=1S/C21H18F7NO3/c1-12(30)29(11-20(23,24)25)10-13-5-3-4-6-15(13)16-7-14(8-19(31)32-2)17(9-18(16)22)21(26,27)28/h3-7,9H,8,10-11H2,1-2H3. The number of carbonyl (C=O) groups is 2. The van der Waals surface area contributed by atoms with E-state index < -0.39 is 60.7 Å². The van der Waals surface area contributed by atoms with Crippen LogP contribution in [0.1, 0.15) is 23.6 Å². The van der Waals surface area contributed by atoms with Gasteiger partial charge in [0.15, 0.2) is 0 Å². The molecule has 0 aliphatic rings. The maximum absolute atomic E-state index is 14.7. The molecular weight excluding hydrogens is 447 g/mol. The van der Waals surface area contributed by atoms with Gasteiger partial charge in [-0.05, 0) is 28.8 Å². The van der Waals surface area contributed by atoms with Crippen molar-refractivity contribution >= 4 is 11.9 Å². The molecule has 4 nitrogen and oxygen atoms in total. The summed E-state index contributed by atoms with van der Waals surface area (Å²) in [6.45, 7) is -1.18. The summed E-state index contributed by atoms with van der Waals surface area (Å²) in [6, 6.07) is 6.52. The van der Waals surface area contributed by atoms with Gasteiger partial charge >= 0.3 is 18.3 Å². The van der Waals surface area contributed by atoms with Crippen LogP contribution in [0.4, 0.5) is 30.7 Å². The maximum atomic E-state index is 14.7. The molecule has 0 N–H and O–H groups in total. The third-order valence-electron chi connectivity index (χ3n) is 4.54. The van der Waals surface area contributed by atoms with Gasteiger partial charge in [-0.3, -0.25) is 9.59 Å². The lowest BCUT2D eigenvalue weighted by Gasteiger charge is -2.24. The van der Waals surface area contributed by atoms with Crippen LogP contribution in [-0.2, 0) is 33.5 Å². The van der Waals surface area contributed by atoms with Crippen LogP contribution >= 0.6 is 0 Å². The van der Waals surface area contributed by atoms with Crippen LogP contribution in [0.15, 0.2) is 36.4 Å². The summed E-state index contributed by atoms with van der Waals surface area (Å²) in [4.78, 5) is 23.7. The lowest BCUT2D eigenvalue weighted by atomic mass is 9.93. The van der Waals surface area contributed by atoms with Crippen LogP contribution in [-0.4, -0.2) is 36.6 Å². The second-order valence-corrected chi connectivity index (χ2v) is 6.89. The molecule has 1 amide bonds. The number of hydrogen-bond donors (Lipinski definition) is 0. The Bertz CT molecular complexity index is 1000. The minimum atomic E-state index is -4.96. The monoisotopic (exact) mass is 465 g/mol. The van der Waals surface area contributed by atoms with E-state index in [4.69, 9.17) is 0 Å². The molecule has 32 heavy (non-hydrogen) atoms. The van der Waals surface area contributed by atoms with Crippen LogP contribution in [0.2, 0.25) is 0 Å². The second-order valence-electron chi connectivity index (χ2n) is 6.89. The second kappa shape index (κ2) is 9.58. The molecule has 0 radical (unpaired) electrons. The van der Waals surface area contributed by atoms with E-state index in [1.54, 1.807) is 0 Å². The molecule has 0 aromatic heterocycles. The van der Waals surface area contributed by atoms with E-state index in [0.717, 1.165) is 20.1 Å². The molecule has 2 rings (SSSR count). The summed E-state index contributed by atoms with van der Waals surface area (Å²) in [5.41, 5.74) is -2.23. The van der Waals surface area contributed by atoms with Crippen molar-refractivity contribution in [3.63, 3.8) is 0 Å². The first-order chi connectivity index (χ1) is 14.7. The van der Waals surface area contributed by atoms with Crippen LogP contribution < -0.4 is 0 Å². The average molecular weight is 465 g/mol. The summed E-state index contributed by atoms with van der Waals surface area (Å²) in [5.74, 6) is -3.17. The highest BCUT2D eigenvalue weighted by Gasteiger charge is 2.36. The van der Waals surface area contributed by atoms with Crippen molar-refractivity contribution in [3.8, 4) is 11.1 Å². The number of alkyl halides is 6. The van der Waals surface area contributed by atoms with Gasteiger partial charge in [0, 0.05) is 19.0 Å². The zero-order valence-corrected chi connectivity index (χ0v) is 16.9. The third-order valence-corrected chi connectivity index (χ3v) is 4.54. The molecule has 2 aromatic rings. The Balaban J connectivity index is 2.60. The SMILES string of the molecule is COC(=O)Cc1cc(-c2ccccc2CN(CC(F)(F)F)C(C)=O)c(F)cc1C(F)(F)F. The van der Waals surface area contributed by atoms with Gasteiger partial charge in [-0.15, -0.1) is 0 Å². The average Bonchev–Trinajstić information content (AvgIpc) is 2.67. The summed E-state index contributed by atoms with van der Waals surface area (Å²) < 4.78 is 97.6. The van der Waals surface area contributed by atoms with Crippen molar-refractivity contribution in [2.45, 2.75) is 32.2 Å². The molecule has 0 spiro atoms. The molecule has 0 aliphatic carbocycles. The fourth-order valence-corrected chi connectivity index (χ4v) is 3.08. The van der Waals surface area contributed by atoms with Crippen molar-refractivity contribution in [2.75, 3.05) is 13.7 Å². The van der Waals surface area contributed by atoms with Crippen LogP contribution in [0.25, 0.3) is 11.1 Å². The number of benzene rings is 2. The number of carbonyl (C=O) groups excluding carboxylic acids is 2. The number of rotatable bonds is 6. The Labute approximate surface area is 178 Å². The van der Waals surface area contributed by atoms with Crippen LogP contribution in [0.3, 0.4) is 0 Å². The molecule has 11 heteroatoms. The van der Waals surface area contributed by atoms with E-state index in [-0.39, 0.29) is 22.8 Å². The molecule has 0 heterocycles. The summed E-state index contributed by atoms with van der Waals surface area (Å²) in [7, 11) is 0.978. The van der Waals surface area contributed by atoms with Gasteiger partial charge in [-0.25, -0.2) is 4.39 Å². The molecule has 0 unspecified atom stereocenters. The van der Waals surface area contributed by atoms with Crippen molar-refractivity contribution in [3.05, 3.63) is 58.9 Å². The molecule has 174 valence electrons. The molecule has 2 aromatic carbocycles. The molecule has 0 saturated heterocycles. The van der Waals surface area contributed by atoms with Crippen molar-refractivity contribution in [1.29, 1.82) is 0 Å². The predicted octanol–water partition coefficient (Wildman–Crippen LogP) is 5.14. The fraction of sp³-hybridized carbons (Fsp3) is 0.333.